The van der Waals surface area contributed by atoms with Gasteiger partial charge in [-0.2, -0.15) is 5.10 Å². The number of rotatable bonds is 4. The maximum absolute atomic E-state index is 12.9. The van der Waals surface area contributed by atoms with Crippen molar-refractivity contribution in [3.63, 3.8) is 0 Å². The molecule has 0 unspecified atom stereocenters. The van der Waals surface area contributed by atoms with Gasteiger partial charge in [-0.3, -0.25) is 14.6 Å². The third-order valence-electron chi connectivity index (χ3n) is 5.80. The Hall–Kier alpha value is -4.26. The molecule has 4 aromatic rings. The quantitative estimate of drug-likeness (QED) is 0.445. The lowest BCUT2D eigenvalue weighted by Gasteiger charge is -2.13. The molecule has 5 rings (SSSR count). The standard InChI is InChI=1S/C26H22N4O3/c1-16-23-21(29-30-25(31)20-9-4-7-17-6-2-3-8-19(17)20)10-5-11-22(23)33-24(16)26(32)28-18-12-14-27-15-13-18/h2-4,6-9,12-15H,5,10-11H2,1H3,(H,30,31)(H,27,28,32)/b29-21+. The third kappa shape index (κ3) is 4.01. The normalized spacial score (nSPS) is 14.2. The molecule has 0 bridgehead atoms. The number of hydrogen-bond donors (Lipinski definition) is 2. The average Bonchev–Trinajstić information content (AvgIpc) is 3.20. The number of aryl methyl sites for hydroxylation is 1. The first kappa shape index (κ1) is 20.6. The van der Waals surface area contributed by atoms with Crippen molar-refractivity contribution < 1.29 is 14.0 Å². The van der Waals surface area contributed by atoms with Gasteiger partial charge < -0.3 is 9.73 Å². The number of amides is 2. The summed E-state index contributed by atoms with van der Waals surface area (Å²) in [6.45, 7) is 1.84. The van der Waals surface area contributed by atoms with Crippen LogP contribution in [0.5, 0.6) is 0 Å². The van der Waals surface area contributed by atoms with Gasteiger partial charge in [0, 0.05) is 41.2 Å². The first-order valence-corrected chi connectivity index (χ1v) is 10.8. The van der Waals surface area contributed by atoms with E-state index in [0.29, 0.717) is 23.4 Å². The molecule has 0 saturated carbocycles. The van der Waals surface area contributed by atoms with E-state index in [1.807, 2.05) is 43.3 Å². The summed E-state index contributed by atoms with van der Waals surface area (Å²) in [7, 11) is 0. The van der Waals surface area contributed by atoms with Crippen molar-refractivity contribution >= 4 is 34.0 Å². The SMILES string of the molecule is Cc1c(C(=O)Nc2ccncc2)oc2c1/C(=N/NC(=O)c1cccc3ccccc13)CCC2. The molecule has 7 heteroatoms. The van der Waals surface area contributed by atoms with Crippen molar-refractivity contribution in [1.82, 2.24) is 10.4 Å². The van der Waals surface area contributed by atoms with E-state index >= 15 is 0 Å². The van der Waals surface area contributed by atoms with Gasteiger partial charge in [0.25, 0.3) is 11.8 Å². The van der Waals surface area contributed by atoms with Gasteiger partial charge in [0.15, 0.2) is 5.76 Å². The average molecular weight is 438 g/mol. The molecule has 7 nitrogen and oxygen atoms in total. The lowest BCUT2D eigenvalue weighted by molar-refractivity contribution is 0.0955. The van der Waals surface area contributed by atoms with Crippen molar-refractivity contribution in [3.05, 3.63) is 95.2 Å². The van der Waals surface area contributed by atoms with E-state index in [1.165, 1.54) is 0 Å². The number of carbonyl (C=O) groups is 2. The van der Waals surface area contributed by atoms with Crippen LogP contribution in [-0.2, 0) is 6.42 Å². The van der Waals surface area contributed by atoms with Gasteiger partial charge in [-0.1, -0.05) is 36.4 Å². The molecule has 0 spiro atoms. The summed E-state index contributed by atoms with van der Waals surface area (Å²) >= 11 is 0. The minimum atomic E-state index is -0.327. The molecule has 2 aromatic carbocycles. The molecule has 164 valence electrons. The van der Waals surface area contributed by atoms with E-state index in [4.69, 9.17) is 4.42 Å². The zero-order chi connectivity index (χ0) is 22.8. The monoisotopic (exact) mass is 438 g/mol. The van der Waals surface area contributed by atoms with Crippen LogP contribution in [0.4, 0.5) is 5.69 Å². The highest BCUT2D eigenvalue weighted by atomic mass is 16.4. The van der Waals surface area contributed by atoms with E-state index in [0.717, 1.165) is 40.5 Å². The molecule has 2 N–H and O–H groups in total. The fraction of sp³-hybridized carbons (Fsp3) is 0.154. The predicted octanol–water partition coefficient (Wildman–Crippen LogP) is 4.86. The van der Waals surface area contributed by atoms with Crippen LogP contribution in [0.2, 0.25) is 0 Å². The second-order valence-corrected chi connectivity index (χ2v) is 7.92. The van der Waals surface area contributed by atoms with Crippen LogP contribution in [0.3, 0.4) is 0 Å². The summed E-state index contributed by atoms with van der Waals surface area (Å²) in [5.74, 6) is 0.374. The van der Waals surface area contributed by atoms with Crippen LogP contribution in [0, 0.1) is 6.92 Å². The van der Waals surface area contributed by atoms with Crippen LogP contribution in [0.15, 0.2) is 76.5 Å². The fourth-order valence-corrected chi connectivity index (χ4v) is 4.22. The number of anilines is 1. The first-order valence-electron chi connectivity index (χ1n) is 10.8. The van der Waals surface area contributed by atoms with Crippen molar-refractivity contribution in [2.75, 3.05) is 5.32 Å². The van der Waals surface area contributed by atoms with Gasteiger partial charge in [-0.25, -0.2) is 5.43 Å². The van der Waals surface area contributed by atoms with Gasteiger partial charge in [0.2, 0.25) is 0 Å². The fourth-order valence-electron chi connectivity index (χ4n) is 4.22. The third-order valence-corrected chi connectivity index (χ3v) is 5.80. The van der Waals surface area contributed by atoms with Crippen LogP contribution >= 0.6 is 0 Å². The molecule has 2 amide bonds. The van der Waals surface area contributed by atoms with Crippen molar-refractivity contribution in [1.29, 1.82) is 0 Å². The Balaban J connectivity index is 1.41. The molecule has 0 saturated heterocycles. The number of nitrogens with one attached hydrogen (secondary N) is 2. The number of furan rings is 1. The van der Waals surface area contributed by atoms with Gasteiger partial charge >= 0.3 is 0 Å². The molecule has 2 heterocycles. The summed E-state index contributed by atoms with van der Waals surface area (Å²) in [5.41, 5.74) is 6.15. The molecule has 0 aliphatic heterocycles. The smallest absolute Gasteiger partial charge is 0.291 e. The zero-order valence-corrected chi connectivity index (χ0v) is 18.1. The summed E-state index contributed by atoms with van der Waals surface area (Å²) in [4.78, 5) is 29.7. The van der Waals surface area contributed by atoms with Crippen LogP contribution in [0.25, 0.3) is 10.8 Å². The lowest BCUT2D eigenvalue weighted by atomic mass is 9.93. The number of hydrogen-bond acceptors (Lipinski definition) is 5. The Morgan fingerprint density at radius 1 is 0.970 bits per heavy atom. The van der Waals surface area contributed by atoms with Gasteiger partial charge in [0.1, 0.15) is 5.76 Å². The summed E-state index contributed by atoms with van der Waals surface area (Å²) in [6, 6.07) is 16.8. The predicted molar refractivity (Wildman–Crippen MR) is 127 cm³/mol. The number of fused-ring (bicyclic) bond motifs is 2. The first-order chi connectivity index (χ1) is 16.1. The molecule has 0 fully saturated rings. The number of hydrazone groups is 1. The van der Waals surface area contributed by atoms with Crippen molar-refractivity contribution in [3.8, 4) is 0 Å². The number of carbonyl (C=O) groups excluding carboxylic acids is 2. The molecular formula is C26H22N4O3. The maximum atomic E-state index is 12.9. The number of pyridine rings is 1. The van der Waals surface area contributed by atoms with Gasteiger partial charge in [-0.15, -0.1) is 0 Å². The Bertz CT molecular complexity index is 1380. The van der Waals surface area contributed by atoms with Crippen molar-refractivity contribution in [2.45, 2.75) is 26.2 Å². The Morgan fingerprint density at radius 3 is 2.61 bits per heavy atom. The van der Waals surface area contributed by atoms with E-state index < -0.39 is 0 Å². The summed E-state index contributed by atoms with van der Waals surface area (Å²) in [5, 5.41) is 9.14. The Morgan fingerprint density at radius 2 is 1.76 bits per heavy atom. The van der Waals surface area contributed by atoms with E-state index in [1.54, 1.807) is 30.6 Å². The molecule has 1 aliphatic carbocycles. The molecule has 33 heavy (non-hydrogen) atoms. The highest BCUT2D eigenvalue weighted by molar-refractivity contribution is 6.10. The maximum Gasteiger partial charge on any atom is 0.291 e. The van der Waals surface area contributed by atoms with E-state index in [-0.39, 0.29) is 17.6 Å². The molecule has 0 atom stereocenters. The molecular weight excluding hydrogens is 416 g/mol. The van der Waals surface area contributed by atoms with Gasteiger partial charge in [-0.05, 0) is 48.7 Å². The number of benzene rings is 2. The second-order valence-electron chi connectivity index (χ2n) is 7.92. The number of nitrogens with zero attached hydrogens (tertiary/aromatic N) is 2. The highest BCUT2D eigenvalue weighted by Crippen LogP contribution is 2.30. The molecule has 1 aliphatic rings. The van der Waals surface area contributed by atoms with Crippen LogP contribution in [0.1, 0.15) is 50.6 Å². The van der Waals surface area contributed by atoms with E-state index in [9.17, 15) is 9.59 Å². The minimum Gasteiger partial charge on any atom is -0.455 e. The lowest BCUT2D eigenvalue weighted by Crippen LogP contribution is -2.22. The summed E-state index contributed by atoms with van der Waals surface area (Å²) in [6.07, 6.45) is 5.45. The van der Waals surface area contributed by atoms with Gasteiger partial charge in [0.05, 0.1) is 5.71 Å². The largest absolute Gasteiger partial charge is 0.455 e. The van der Waals surface area contributed by atoms with Crippen LogP contribution < -0.4 is 10.7 Å². The Labute approximate surface area is 190 Å². The Kier molecular flexibility index (Phi) is 5.44. The summed E-state index contributed by atoms with van der Waals surface area (Å²) < 4.78 is 5.93. The van der Waals surface area contributed by atoms with Crippen LogP contribution in [-0.4, -0.2) is 22.5 Å². The molecule has 0 radical (unpaired) electrons. The molecule has 2 aromatic heterocycles. The minimum absolute atomic E-state index is 0.256. The number of aromatic nitrogens is 1. The van der Waals surface area contributed by atoms with E-state index in [2.05, 4.69) is 20.8 Å². The van der Waals surface area contributed by atoms with Crippen molar-refractivity contribution in [2.24, 2.45) is 5.10 Å². The topological polar surface area (TPSA) is 96.6 Å². The second kappa shape index (κ2) is 8.70. The zero-order valence-electron chi connectivity index (χ0n) is 18.1. The highest BCUT2D eigenvalue weighted by Gasteiger charge is 2.28.